The second-order valence-corrected chi connectivity index (χ2v) is 3.55. The maximum atomic E-state index is 9.12. The van der Waals surface area contributed by atoms with Crippen molar-refractivity contribution in [2.75, 3.05) is 19.6 Å². The van der Waals surface area contributed by atoms with E-state index in [0.29, 0.717) is 0 Å². The number of aliphatic hydroxyl groups is 1. The molecule has 1 aliphatic rings. The van der Waals surface area contributed by atoms with Crippen LogP contribution in [0.5, 0.6) is 0 Å². The van der Waals surface area contributed by atoms with E-state index in [4.69, 9.17) is 10.4 Å². The van der Waals surface area contributed by atoms with E-state index in [-0.39, 0.29) is 12.0 Å². The van der Waals surface area contributed by atoms with Gasteiger partial charge in [0.15, 0.2) is 0 Å². The number of likely N-dealkylation sites (tertiary alicyclic amines) is 1. The SMILES string of the molecule is CC(O)CN1CCC(C#N)CC1. The number of nitrogens with zero attached hydrogens (tertiary/aromatic N) is 2. The Morgan fingerprint density at radius 3 is 2.58 bits per heavy atom. The van der Waals surface area contributed by atoms with Crippen LogP contribution in [0.2, 0.25) is 0 Å². The average molecular weight is 168 g/mol. The van der Waals surface area contributed by atoms with Crippen LogP contribution in [0.25, 0.3) is 0 Å². The van der Waals surface area contributed by atoms with Gasteiger partial charge in [-0.05, 0) is 32.9 Å². The Kier molecular flexibility index (Phi) is 3.51. The van der Waals surface area contributed by atoms with Gasteiger partial charge in [0.2, 0.25) is 0 Å². The Balaban J connectivity index is 2.23. The van der Waals surface area contributed by atoms with Crippen molar-refractivity contribution in [1.29, 1.82) is 5.26 Å². The quantitative estimate of drug-likeness (QED) is 0.657. The molecule has 1 rings (SSSR count). The number of aliphatic hydroxyl groups excluding tert-OH is 1. The molecule has 1 unspecified atom stereocenters. The number of rotatable bonds is 2. The minimum absolute atomic E-state index is 0.246. The van der Waals surface area contributed by atoms with E-state index in [0.717, 1.165) is 32.5 Å². The first-order chi connectivity index (χ1) is 5.72. The predicted molar refractivity (Wildman–Crippen MR) is 46.5 cm³/mol. The van der Waals surface area contributed by atoms with Crippen molar-refractivity contribution in [3.05, 3.63) is 0 Å². The number of β-amino-alcohol motifs (C(OH)–C–C–N with tert-alkyl or cyclic N) is 1. The molecule has 0 aromatic rings. The standard InChI is InChI=1S/C9H16N2O/c1-8(12)7-11-4-2-9(6-10)3-5-11/h8-9,12H,2-5,7H2,1H3. The smallest absolute Gasteiger partial charge is 0.0656 e. The highest BCUT2D eigenvalue weighted by Crippen LogP contribution is 2.15. The Hall–Kier alpha value is -0.590. The molecule has 3 heteroatoms. The van der Waals surface area contributed by atoms with E-state index in [1.165, 1.54) is 0 Å². The molecule has 1 N–H and O–H groups in total. The number of piperidine rings is 1. The predicted octanol–water partition coefficient (Wildman–Crippen LogP) is 0.603. The number of hydrogen-bond donors (Lipinski definition) is 1. The first kappa shape index (κ1) is 9.50. The lowest BCUT2D eigenvalue weighted by molar-refractivity contribution is 0.107. The summed E-state index contributed by atoms with van der Waals surface area (Å²) in [5, 5.41) is 17.8. The second-order valence-electron chi connectivity index (χ2n) is 3.55. The highest BCUT2D eigenvalue weighted by Gasteiger charge is 2.18. The Labute approximate surface area is 73.6 Å². The highest BCUT2D eigenvalue weighted by molar-refractivity contribution is 4.87. The summed E-state index contributed by atoms with van der Waals surface area (Å²) in [6, 6.07) is 2.29. The fourth-order valence-corrected chi connectivity index (χ4v) is 1.62. The molecular formula is C9H16N2O. The van der Waals surface area contributed by atoms with E-state index in [1.54, 1.807) is 6.92 Å². The topological polar surface area (TPSA) is 47.3 Å². The van der Waals surface area contributed by atoms with Crippen molar-refractivity contribution < 1.29 is 5.11 Å². The zero-order valence-electron chi connectivity index (χ0n) is 7.53. The lowest BCUT2D eigenvalue weighted by Crippen LogP contribution is -2.37. The minimum Gasteiger partial charge on any atom is -0.392 e. The van der Waals surface area contributed by atoms with Crippen LogP contribution in [-0.4, -0.2) is 35.7 Å². The molecule has 1 atom stereocenters. The average Bonchev–Trinajstić information content (AvgIpc) is 2.05. The van der Waals surface area contributed by atoms with E-state index in [9.17, 15) is 0 Å². The van der Waals surface area contributed by atoms with E-state index >= 15 is 0 Å². The van der Waals surface area contributed by atoms with Crippen molar-refractivity contribution in [1.82, 2.24) is 4.90 Å². The van der Waals surface area contributed by atoms with Crippen LogP contribution in [0.15, 0.2) is 0 Å². The number of nitriles is 1. The second kappa shape index (κ2) is 4.44. The van der Waals surface area contributed by atoms with E-state index in [1.807, 2.05) is 0 Å². The van der Waals surface area contributed by atoms with Crippen molar-refractivity contribution in [3.63, 3.8) is 0 Å². The normalized spacial score (nSPS) is 23.4. The lowest BCUT2D eigenvalue weighted by atomic mass is 9.98. The minimum atomic E-state index is -0.247. The summed E-state index contributed by atoms with van der Waals surface area (Å²) in [7, 11) is 0. The first-order valence-electron chi connectivity index (χ1n) is 4.52. The van der Waals surface area contributed by atoms with Gasteiger partial charge in [0.1, 0.15) is 0 Å². The molecule has 3 nitrogen and oxygen atoms in total. The highest BCUT2D eigenvalue weighted by atomic mass is 16.3. The molecule has 1 aliphatic heterocycles. The molecular weight excluding hydrogens is 152 g/mol. The zero-order valence-corrected chi connectivity index (χ0v) is 7.53. The van der Waals surface area contributed by atoms with Gasteiger partial charge >= 0.3 is 0 Å². The first-order valence-corrected chi connectivity index (χ1v) is 4.52. The van der Waals surface area contributed by atoms with Crippen molar-refractivity contribution >= 4 is 0 Å². The van der Waals surface area contributed by atoms with E-state index in [2.05, 4.69) is 11.0 Å². The summed E-state index contributed by atoms with van der Waals surface area (Å²) in [6.45, 7) is 4.47. The molecule has 68 valence electrons. The summed E-state index contributed by atoms with van der Waals surface area (Å²) in [5.74, 6) is 0.246. The third-order valence-corrected chi connectivity index (χ3v) is 2.29. The van der Waals surface area contributed by atoms with Crippen LogP contribution in [0, 0.1) is 17.2 Å². The largest absolute Gasteiger partial charge is 0.392 e. The molecule has 0 saturated carbocycles. The fourth-order valence-electron chi connectivity index (χ4n) is 1.62. The maximum absolute atomic E-state index is 9.12. The number of hydrogen-bond acceptors (Lipinski definition) is 3. The fraction of sp³-hybridized carbons (Fsp3) is 0.889. The third kappa shape index (κ3) is 2.80. The molecule has 0 aliphatic carbocycles. The van der Waals surface area contributed by atoms with Crippen molar-refractivity contribution in [3.8, 4) is 6.07 Å². The molecule has 0 spiro atoms. The van der Waals surface area contributed by atoms with Crippen LogP contribution < -0.4 is 0 Å². The molecule has 1 saturated heterocycles. The van der Waals surface area contributed by atoms with Crippen LogP contribution in [0.1, 0.15) is 19.8 Å². The zero-order chi connectivity index (χ0) is 8.97. The molecule has 1 fully saturated rings. The third-order valence-electron chi connectivity index (χ3n) is 2.29. The van der Waals surface area contributed by atoms with Gasteiger partial charge in [0.25, 0.3) is 0 Å². The Morgan fingerprint density at radius 1 is 1.58 bits per heavy atom. The summed E-state index contributed by atoms with van der Waals surface area (Å²) in [6.07, 6.45) is 1.68. The van der Waals surface area contributed by atoms with Crippen LogP contribution in [-0.2, 0) is 0 Å². The van der Waals surface area contributed by atoms with Gasteiger partial charge in [-0.15, -0.1) is 0 Å². The summed E-state index contributed by atoms with van der Waals surface area (Å²) in [4.78, 5) is 2.22. The Morgan fingerprint density at radius 2 is 2.17 bits per heavy atom. The van der Waals surface area contributed by atoms with Gasteiger partial charge in [0, 0.05) is 12.5 Å². The van der Waals surface area contributed by atoms with Gasteiger partial charge in [0.05, 0.1) is 12.2 Å². The molecule has 0 aromatic carbocycles. The van der Waals surface area contributed by atoms with Gasteiger partial charge in [-0.2, -0.15) is 5.26 Å². The summed E-state index contributed by atoms with van der Waals surface area (Å²) in [5.41, 5.74) is 0. The lowest BCUT2D eigenvalue weighted by Gasteiger charge is -2.29. The van der Waals surface area contributed by atoms with Crippen molar-refractivity contribution in [2.45, 2.75) is 25.9 Å². The molecule has 0 radical (unpaired) electrons. The molecule has 0 amide bonds. The summed E-state index contributed by atoms with van der Waals surface area (Å²) >= 11 is 0. The summed E-state index contributed by atoms with van der Waals surface area (Å²) < 4.78 is 0. The van der Waals surface area contributed by atoms with Gasteiger partial charge in [-0.3, -0.25) is 0 Å². The molecule has 1 heterocycles. The molecule has 0 bridgehead atoms. The monoisotopic (exact) mass is 168 g/mol. The van der Waals surface area contributed by atoms with E-state index < -0.39 is 0 Å². The van der Waals surface area contributed by atoms with Crippen LogP contribution in [0.4, 0.5) is 0 Å². The van der Waals surface area contributed by atoms with Crippen molar-refractivity contribution in [2.24, 2.45) is 5.92 Å². The molecule has 0 aromatic heterocycles. The van der Waals surface area contributed by atoms with Crippen LogP contribution >= 0.6 is 0 Å². The van der Waals surface area contributed by atoms with Gasteiger partial charge in [-0.25, -0.2) is 0 Å². The Bertz CT molecular complexity index is 166. The van der Waals surface area contributed by atoms with Crippen LogP contribution in [0.3, 0.4) is 0 Å². The maximum Gasteiger partial charge on any atom is 0.0656 e. The molecule has 12 heavy (non-hydrogen) atoms. The van der Waals surface area contributed by atoms with Gasteiger partial charge < -0.3 is 10.0 Å². The van der Waals surface area contributed by atoms with Gasteiger partial charge in [-0.1, -0.05) is 0 Å².